The van der Waals surface area contributed by atoms with Crippen LogP contribution in [0, 0.1) is 13.8 Å². The molecule has 150 valence electrons. The molecule has 3 aromatic heterocycles. The van der Waals surface area contributed by atoms with Crippen molar-refractivity contribution in [2.75, 3.05) is 7.11 Å². The first-order chi connectivity index (χ1) is 13.8. The molecule has 0 unspecified atom stereocenters. The number of benzene rings is 1. The molecule has 0 bridgehead atoms. The van der Waals surface area contributed by atoms with Gasteiger partial charge in [-0.25, -0.2) is 14.2 Å². The second-order valence-electron chi connectivity index (χ2n) is 7.11. The lowest BCUT2D eigenvalue weighted by atomic mass is 10.2. The van der Waals surface area contributed by atoms with Crippen molar-refractivity contribution in [2.45, 2.75) is 26.8 Å². The maximum absolute atomic E-state index is 13.2. The zero-order chi connectivity index (χ0) is 21.0. The molecule has 0 fully saturated rings. The van der Waals surface area contributed by atoms with E-state index in [1.165, 1.54) is 25.6 Å². The van der Waals surface area contributed by atoms with Gasteiger partial charge in [-0.1, -0.05) is 12.1 Å². The summed E-state index contributed by atoms with van der Waals surface area (Å²) >= 11 is 0. The molecular formula is C20H21N5O4. The quantitative estimate of drug-likeness (QED) is 0.490. The van der Waals surface area contributed by atoms with Crippen LogP contribution in [-0.4, -0.2) is 36.2 Å². The molecule has 9 nitrogen and oxygen atoms in total. The van der Waals surface area contributed by atoms with Crippen LogP contribution in [0.3, 0.4) is 0 Å². The van der Waals surface area contributed by atoms with Crippen LogP contribution in [0.5, 0.6) is 0 Å². The predicted octanol–water partition coefficient (Wildman–Crippen LogP) is 1.49. The van der Waals surface area contributed by atoms with Crippen LogP contribution in [0.15, 0.2) is 40.1 Å². The topological polar surface area (TPSA) is 92.5 Å². The number of carbonyl (C=O) groups excluding carboxylic acids is 1. The maximum atomic E-state index is 13.2. The Balaban J connectivity index is 2.12. The largest absolute Gasteiger partial charge is 0.467 e. The first-order valence-corrected chi connectivity index (χ1v) is 9.12. The van der Waals surface area contributed by atoms with Crippen molar-refractivity contribution in [3.05, 3.63) is 62.6 Å². The van der Waals surface area contributed by atoms with Crippen molar-refractivity contribution in [1.29, 1.82) is 0 Å². The molecule has 0 spiro atoms. The molecule has 1 aromatic carbocycles. The average Bonchev–Trinajstić information content (AvgIpc) is 3.20. The predicted molar refractivity (Wildman–Crippen MR) is 108 cm³/mol. The second kappa shape index (κ2) is 6.47. The van der Waals surface area contributed by atoms with E-state index in [-0.39, 0.29) is 11.2 Å². The highest BCUT2D eigenvalue weighted by atomic mass is 16.5. The lowest BCUT2D eigenvalue weighted by Crippen LogP contribution is -2.43. The second-order valence-corrected chi connectivity index (χ2v) is 7.11. The van der Waals surface area contributed by atoms with Crippen molar-refractivity contribution >= 4 is 22.9 Å². The summed E-state index contributed by atoms with van der Waals surface area (Å²) in [6.45, 7) is 5.38. The van der Waals surface area contributed by atoms with Crippen LogP contribution < -0.4 is 11.2 Å². The van der Waals surface area contributed by atoms with Crippen molar-refractivity contribution in [2.24, 2.45) is 7.05 Å². The Hall–Kier alpha value is -3.62. The lowest BCUT2D eigenvalue weighted by Gasteiger charge is -2.13. The van der Waals surface area contributed by atoms with Gasteiger partial charge in [-0.2, -0.15) is 4.98 Å². The third-order valence-electron chi connectivity index (χ3n) is 5.16. The van der Waals surface area contributed by atoms with Gasteiger partial charge in [0.15, 0.2) is 11.2 Å². The van der Waals surface area contributed by atoms with Crippen LogP contribution in [0.25, 0.3) is 22.6 Å². The van der Waals surface area contributed by atoms with Gasteiger partial charge in [-0.3, -0.25) is 18.3 Å². The molecule has 0 aliphatic heterocycles. The van der Waals surface area contributed by atoms with Gasteiger partial charge in [0.25, 0.3) is 5.56 Å². The fraction of sp³-hybridized carbons (Fsp3) is 0.300. The molecule has 9 heteroatoms. The maximum Gasteiger partial charge on any atom is 0.333 e. The van der Waals surface area contributed by atoms with E-state index in [4.69, 9.17) is 4.74 Å². The van der Waals surface area contributed by atoms with Gasteiger partial charge < -0.3 is 4.74 Å². The zero-order valence-corrected chi connectivity index (χ0v) is 16.8. The summed E-state index contributed by atoms with van der Waals surface area (Å²) in [6, 6.07) is 6.86. The molecule has 0 aliphatic rings. The zero-order valence-electron chi connectivity index (χ0n) is 16.8. The Morgan fingerprint density at radius 1 is 1.21 bits per heavy atom. The van der Waals surface area contributed by atoms with E-state index in [9.17, 15) is 14.4 Å². The molecule has 29 heavy (non-hydrogen) atoms. The molecule has 1 atom stereocenters. The Labute approximate surface area is 165 Å². The summed E-state index contributed by atoms with van der Waals surface area (Å²) in [6.07, 6.45) is 1.80. The van der Waals surface area contributed by atoms with Crippen molar-refractivity contribution in [1.82, 2.24) is 23.1 Å². The fourth-order valence-corrected chi connectivity index (χ4v) is 3.68. The number of rotatable bonds is 3. The van der Waals surface area contributed by atoms with Gasteiger partial charge in [0.2, 0.25) is 5.78 Å². The summed E-state index contributed by atoms with van der Waals surface area (Å²) in [5, 5.41) is 0. The number of carbonyl (C=O) groups is 1. The van der Waals surface area contributed by atoms with Crippen LogP contribution in [0.4, 0.5) is 0 Å². The summed E-state index contributed by atoms with van der Waals surface area (Å²) in [5.74, 6) is -0.156. The molecule has 0 saturated carbocycles. The molecular weight excluding hydrogens is 374 g/mol. The number of nitrogens with zero attached hydrogens (tertiary/aromatic N) is 5. The van der Waals surface area contributed by atoms with Gasteiger partial charge in [-0.15, -0.1) is 0 Å². The molecule has 0 aliphatic carbocycles. The Morgan fingerprint density at radius 2 is 1.93 bits per heavy atom. The van der Waals surface area contributed by atoms with Crippen LogP contribution in [0.2, 0.25) is 0 Å². The minimum absolute atomic E-state index is 0.229. The SMILES string of the molecule is COC(=O)[C@H](C)n1c(=O)c2c(nc3n(-c4cccc(C)c4)c(C)cn23)n(C)c1=O. The number of fused-ring (bicyclic) bond motifs is 3. The summed E-state index contributed by atoms with van der Waals surface area (Å²) in [4.78, 5) is 42.6. The van der Waals surface area contributed by atoms with E-state index in [1.807, 2.05) is 42.7 Å². The number of aryl methyl sites for hydroxylation is 3. The summed E-state index contributed by atoms with van der Waals surface area (Å²) in [7, 11) is 2.75. The van der Waals surface area contributed by atoms with Gasteiger partial charge in [0.05, 0.1) is 7.11 Å². The number of methoxy groups -OCH3 is 1. The number of imidazole rings is 2. The standard InChI is InChI=1S/C20H21N5O4/c1-11-7-6-8-14(9-11)24-12(2)10-23-15-16(21-19(23)24)22(4)20(28)25(17(15)26)13(3)18(27)29-5/h6-10,13H,1-5H3/t13-/m0/s1. The Bertz CT molecular complexity index is 1400. The van der Waals surface area contributed by atoms with Crippen molar-refractivity contribution < 1.29 is 9.53 Å². The third kappa shape index (κ3) is 2.61. The number of aromatic nitrogens is 5. The highest BCUT2D eigenvalue weighted by Crippen LogP contribution is 2.21. The van der Waals surface area contributed by atoms with Gasteiger partial charge in [0, 0.05) is 24.6 Å². The summed E-state index contributed by atoms with van der Waals surface area (Å²) in [5.41, 5.74) is 2.14. The van der Waals surface area contributed by atoms with Crippen LogP contribution >= 0.6 is 0 Å². The highest BCUT2D eigenvalue weighted by Gasteiger charge is 2.26. The van der Waals surface area contributed by atoms with Crippen molar-refractivity contribution in [3.8, 4) is 5.69 Å². The molecule has 0 N–H and O–H groups in total. The first kappa shape index (κ1) is 18.7. The van der Waals surface area contributed by atoms with Gasteiger partial charge in [0.1, 0.15) is 6.04 Å². The van der Waals surface area contributed by atoms with Crippen LogP contribution in [-0.2, 0) is 16.6 Å². The average molecular weight is 395 g/mol. The monoisotopic (exact) mass is 395 g/mol. The van der Waals surface area contributed by atoms with Gasteiger partial charge >= 0.3 is 11.7 Å². The van der Waals surface area contributed by atoms with E-state index in [2.05, 4.69) is 4.98 Å². The van der Waals surface area contributed by atoms with E-state index in [0.29, 0.717) is 5.78 Å². The number of ether oxygens (including phenoxy) is 1. The lowest BCUT2D eigenvalue weighted by molar-refractivity contribution is -0.144. The van der Waals surface area contributed by atoms with E-state index >= 15 is 0 Å². The van der Waals surface area contributed by atoms with E-state index in [0.717, 1.165) is 21.5 Å². The van der Waals surface area contributed by atoms with E-state index < -0.39 is 23.3 Å². The highest BCUT2D eigenvalue weighted by molar-refractivity contribution is 5.78. The number of hydrogen-bond donors (Lipinski definition) is 0. The molecule has 0 amide bonds. The molecule has 0 saturated heterocycles. The molecule has 4 rings (SSSR count). The minimum atomic E-state index is -1.05. The normalized spacial score (nSPS) is 12.6. The Morgan fingerprint density at radius 3 is 2.59 bits per heavy atom. The number of hydrogen-bond acceptors (Lipinski definition) is 5. The van der Waals surface area contributed by atoms with Crippen LogP contribution in [0.1, 0.15) is 24.2 Å². The molecule has 4 aromatic rings. The number of esters is 1. The first-order valence-electron chi connectivity index (χ1n) is 9.12. The smallest absolute Gasteiger partial charge is 0.333 e. The summed E-state index contributed by atoms with van der Waals surface area (Å²) < 4.78 is 10.5. The molecule has 0 radical (unpaired) electrons. The Kier molecular flexibility index (Phi) is 4.18. The molecule has 3 heterocycles. The van der Waals surface area contributed by atoms with Crippen molar-refractivity contribution in [3.63, 3.8) is 0 Å². The minimum Gasteiger partial charge on any atom is -0.467 e. The van der Waals surface area contributed by atoms with E-state index in [1.54, 1.807) is 10.6 Å². The fourth-order valence-electron chi connectivity index (χ4n) is 3.68. The third-order valence-corrected chi connectivity index (χ3v) is 5.16. The van der Waals surface area contributed by atoms with Gasteiger partial charge in [-0.05, 0) is 38.5 Å².